The molecule has 0 spiro atoms. The van der Waals surface area contributed by atoms with Crippen LogP contribution in [0, 0.1) is 6.92 Å². The second-order valence-corrected chi connectivity index (χ2v) is 8.91. The Morgan fingerprint density at radius 3 is 2.59 bits per heavy atom. The highest BCUT2D eigenvalue weighted by atomic mass is 32.1. The summed E-state index contributed by atoms with van der Waals surface area (Å²) in [5.74, 6) is 0.464. The number of hydrogen-bond acceptors (Lipinski definition) is 6. The number of benzene rings is 1. The zero-order valence-electron chi connectivity index (χ0n) is 17.9. The van der Waals surface area contributed by atoms with E-state index in [1.807, 2.05) is 19.1 Å². The Balaban J connectivity index is 1.41. The van der Waals surface area contributed by atoms with Crippen molar-refractivity contribution in [3.8, 4) is 0 Å². The Hall–Kier alpha value is -2.72. The fourth-order valence-corrected chi connectivity index (χ4v) is 4.45. The van der Waals surface area contributed by atoms with E-state index in [2.05, 4.69) is 27.1 Å². The van der Waals surface area contributed by atoms with Gasteiger partial charge in [-0.05, 0) is 55.6 Å². The number of carbonyl (C=O) groups is 1. The predicted molar refractivity (Wildman–Crippen MR) is 120 cm³/mol. The quantitative estimate of drug-likeness (QED) is 0.610. The van der Waals surface area contributed by atoms with Crippen LogP contribution in [-0.4, -0.2) is 54.0 Å². The first-order valence-corrected chi connectivity index (χ1v) is 11.2. The molecule has 1 aliphatic rings. The molecule has 3 aromatic rings. The Morgan fingerprint density at radius 1 is 1.16 bits per heavy atom. The summed E-state index contributed by atoms with van der Waals surface area (Å²) in [5.41, 5.74) is 2.76. The number of nitrogens with one attached hydrogen (secondary N) is 1. The van der Waals surface area contributed by atoms with Crippen LogP contribution in [0.1, 0.15) is 22.6 Å². The van der Waals surface area contributed by atoms with Crippen LogP contribution in [0.3, 0.4) is 0 Å². The lowest BCUT2D eigenvalue weighted by atomic mass is 10.1. The molecular weight excluding hydrogens is 439 g/mol. The van der Waals surface area contributed by atoms with Gasteiger partial charge in [0.1, 0.15) is 4.88 Å². The molecule has 1 amide bonds. The molecule has 0 bridgehead atoms. The molecule has 2 aromatic heterocycles. The van der Waals surface area contributed by atoms with Gasteiger partial charge in [-0.15, -0.1) is 11.3 Å². The monoisotopic (exact) mass is 463 g/mol. The van der Waals surface area contributed by atoms with Crippen LogP contribution in [0.4, 0.5) is 24.8 Å². The van der Waals surface area contributed by atoms with E-state index in [9.17, 15) is 18.0 Å². The van der Waals surface area contributed by atoms with Crippen molar-refractivity contribution in [2.45, 2.75) is 25.9 Å². The molecule has 0 aliphatic carbocycles. The van der Waals surface area contributed by atoms with E-state index < -0.39 is 11.1 Å². The number of piperazine rings is 1. The second kappa shape index (κ2) is 9.03. The number of rotatable bonds is 5. The van der Waals surface area contributed by atoms with Gasteiger partial charge in [-0.1, -0.05) is 0 Å². The SMILES string of the molecule is Cc1nc(N2CCN(C)CC2)nc2ccc(NC(=O)CCc3csc(C(F)(F)F)c3)cc12. The third kappa shape index (κ3) is 5.18. The van der Waals surface area contributed by atoms with E-state index >= 15 is 0 Å². The maximum atomic E-state index is 12.7. The average Bonchev–Trinajstić information content (AvgIpc) is 3.23. The van der Waals surface area contributed by atoms with E-state index in [1.54, 1.807) is 6.07 Å². The third-order valence-corrected chi connectivity index (χ3v) is 6.54. The van der Waals surface area contributed by atoms with E-state index in [0.717, 1.165) is 48.8 Å². The maximum Gasteiger partial charge on any atom is 0.425 e. The zero-order chi connectivity index (χ0) is 22.9. The van der Waals surface area contributed by atoms with Crippen LogP contribution in [-0.2, 0) is 17.4 Å². The molecule has 0 radical (unpaired) electrons. The number of likely N-dealkylation sites (N-methyl/N-ethyl adjacent to an activating group) is 1. The molecule has 0 saturated carbocycles. The fraction of sp³-hybridized carbons (Fsp3) is 0.409. The van der Waals surface area contributed by atoms with Gasteiger partial charge in [0.25, 0.3) is 0 Å². The molecule has 0 atom stereocenters. The average molecular weight is 464 g/mol. The van der Waals surface area contributed by atoms with Crippen molar-refractivity contribution in [3.63, 3.8) is 0 Å². The molecule has 0 unspecified atom stereocenters. The molecule has 3 heterocycles. The Bertz CT molecular complexity index is 1120. The fourth-order valence-electron chi connectivity index (χ4n) is 3.63. The summed E-state index contributed by atoms with van der Waals surface area (Å²) in [7, 11) is 2.10. The summed E-state index contributed by atoms with van der Waals surface area (Å²) in [6.07, 6.45) is -3.99. The standard InChI is InChI=1S/C22H24F3N5OS/c1-14-17-12-16(27-20(31)6-3-15-11-19(32-13-15)22(23,24)25)4-5-18(17)28-21(26-14)30-9-7-29(2)8-10-30/h4-5,11-13H,3,6-10H2,1-2H3,(H,27,31). The highest BCUT2D eigenvalue weighted by Crippen LogP contribution is 2.34. The largest absolute Gasteiger partial charge is 0.425 e. The van der Waals surface area contributed by atoms with Crippen molar-refractivity contribution in [1.82, 2.24) is 14.9 Å². The number of alkyl halides is 3. The van der Waals surface area contributed by atoms with Crippen LogP contribution in [0.15, 0.2) is 29.6 Å². The number of thiophene rings is 1. The molecule has 1 saturated heterocycles. The van der Waals surface area contributed by atoms with Crippen LogP contribution >= 0.6 is 11.3 Å². The zero-order valence-corrected chi connectivity index (χ0v) is 18.7. The lowest BCUT2D eigenvalue weighted by molar-refractivity contribution is -0.134. The molecule has 1 aliphatic heterocycles. The van der Waals surface area contributed by atoms with Gasteiger partial charge in [0.15, 0.2) is 0 Å². The number of aryl methyl sites for hydroxylation is 2. The van der Waals surface area contributed by atoms with Gasteiger partial charge in [0.05, 0.1) is 11.2 Å². The second-order valence-electron chi connectivity index (χ2n) is 8.00. The maximum absolute atomic E-state index is 12.7. The summed E-state index contributed by atoms with van der Waals surface area (Å²) in [6, 6.07) is 6.58. The van der Waals surface area contributed by atoms with E-state index in [0.29, 0.717) is 28.5 Å². The van der Waals surface area contributed by atoms with Crippen molar-refractivity contribution in [2.24, 2.45) is 0 Å². The molecule has 1 aromatic carbocycles. The van der Waals surface area contributed by atoms with Gasteiger partial charge >= 0.3 is 6.18 Å². The molecule has 32 heavy (non-hydrogen) atoms. The van der Waals surface area contributed by atoms with Crippen molar-refractivity contribution in [2.75, 3.05) is 43.4 Å². The Labute approximate surface area is 188 Å². The number of hydrogen-bond donors (Lipinski definition) is 1. The number of aromatic nitrogens is 2. The number of carbonyl (C=O) groups excluding carboxylic acids is 1. The molecule has 4 rings (SSSR count). The number of nitrogens with zero attached hydrogens (tertiary/aromatic N) is 4. The predicted octanol–water partition coefficient (Wildman–Crippen LogP) is 4.34. The van der Waals surface area contributed by atoms with Gasteiger partial charge in [-0.3, -0.25) is 4.79 Å². The normalized spacial score (nSPS) is 15.3. The van der Waals surface area contributed by atoms with Crippen LogP contribution in [0.25, 0.3) is 10.9 Å². The summed E-state index contributed by atoms with van der Waals surface area (Å²) in [5, 5.41) is 5.13. The van der Waals surface area contributed by atoms with Crippen LogP contribution in [0.5, 0.6) is 0 Å². The highest BCUT2D eigenvalue weighted by molar-refractivity contribution is 7.10. The third-order valence-electron chi connectivity index (χ3n) is 5.52. The first-order valence-electron chi connectivity index (χ1n) is 10.4. The summed E-state index contributed by atoms with van der Waals surface area (Å²) in [6.45, 7) is 5.61. The van der Waals surface area contributed by atoms with Crippen molar-refractivity contribution >= 4 is 39.8 Å². The Morgan fingerprint density at radius 2 is 1.91 bits per heavy atom. The van der Waals surface area contributed by atoms with E-state index in [4.69, 9.17) is 4.98 Å². The van der Waals surface area contributed by atoms with E-state index in [-0.39, 0.29) is 18.7 Å². The van der Waals surface area contributed by atoms with Crippen molar-refractivity contribution in [1.29, 1.82) is 0 Å². The molecule has 170 valence electrons. The van der Waals surface area contributed by atoms with Gasteiger partial charge in [-0.25, -0.2) is 9.97 Å². The Kier molecular flexibility index (Phi) is 6.34. The number of amides is 1. The minimum atomic E-state index is -4.35. The van der Waals surface area contributed by atoms with Gasteiger partial charge in [0, 0.05) is 43.7 Å². The van der Waals surface area contributed by atoms with E-state index in [1.165, 1.54) is 5.38 Å². The number of halogens is 3. The summed E-state index contributed by atoms with van der Waals surface area (Å²) >= 11 is 0.650. The lowest BCUT2D eigenvalue weighted by Gasteiger charge is -2.32. The minimum Gasteiger partial charge on any atom is -0.338 e. The van der Waals surface area contributed by atoms with Crippen LogP contribution < -0.4 is 10.2 Å². The number of fused-ring (bicyclic) bond motifs is 1. The summed E-state index contributed by atoms with van der Waals surface area (Å²) in [4.78, 5) is 25.5. The van der Waals surface area contributed by atoms with Gasteiger partial charge < -0.3 is 15.1 Å². The van der Waals surface area contributed by atoms with Gasteiger partial charge in [0.2, 0.25) is 11.9 Å². The number of anilines is 2. The summed E-state index contributed by atoms with van der Waals surface area (Å²) < 4.78 is 38.1. The van der Waals surface area contributed by atoms with Crippen LogP contribution in [0.2, 0.25) is 0 Å². The molecule has 1 fully saturated rings. The topological polar surface area (TPSA) is 61.4 Å². The molecule has 1 N–H and O–H groups in total. The smallest absolute Gasteiger partial charge is 0.338 e. The minimum absolute atomic E-state index is 0.101. The highest BCUT2D eigenvalue weighted by Gasteiger charge is 2.32. The first kappa shape index (κ1) is 22.5. The van der Waals surface area contributed by atoms with Crippen molar-refractivity contribution < 1.29 is 18.0 Å². The molecular formula is C22H24F3N5OS. The lowest BCUT2D eigenvalue weighted by Crippen LogP contribution is -2.45. The molecule has 6 nitrogen and oxygen atoms in total. The first-order chi connectivity index (χ1) is 15.2. The molecule has 10 heteroatoms. The van der Waals surface area contributed by atoms with Crippen molar-refractivity contribution in [3.05, 3.63) is 45.8 Å². The van der Waals surface area contributed by atoms with Gasteiger partial charge in [-0.2, -0.15) is 13.2 Å².